The number of benzene rings is 2. The molecule has 5 rings (SSSR count). The van der Waals surface area contributed by atoms with E-state index in [0.717, 1.165) is 4.88 Å². The Balaban J connectivity index is 1.62. The summed E-state index contributed by atoms with van der Waals surface area (Å²) in [5.41, 5.74) is 0.675. The summed E-state index contributed by atoms with van der Waals surface area (Å²) in [6.07, 6.45) is 0. The molecule has 1 aliphatic rings. The van der Waals surface area contributed by atoms with E-state index in [1.807, 2.05) is 17.5 Å². The van der Waals surface area contributed by atoms with Gasteiger partial charge in [0.1, 0.15) is 5.75 Å². The third-order valence-corrected chi connectivity index (χ3v) is 6.71. The van der Waals surface area contributed by atoms with Gasteiger partial charge in [-0.25, -0.2) is 0 Å². The number of aromatic hydroxyl groups is 1. The standard InChI is InChI=1S/C25H18ClNO6S/c1-32-19-11-15(26)8-14-10-18(33-24(14)19)22(29)20-21(13-4-2-5-16(28)9-13)27(25(31)23(20)30)12-17-6-3-7-34-17/h2-11,21,28,30H,12H2,1H3. The Morgan fingerprint density at radius 1 is 1.18 bits per heavy atom. The fourth-order valence-electron chi connectivity index (χ4n) is 4.14. The number of aliphatic hydroxyl groups excluding tert-OH is 1. The number of halogens is 1. The van der Waals surface area contributed by atoms with E-state index in [1.54, 1.807) is 24.3 Å². The van der Waals surface area contributed by atoms with Crippen molar-refractivity contribution >= 4 is 45.6 Å². The molecule has 1 unspecified atom stereocenters. The molecule has 172 valence electrons. The van der Waals surface area contributed by atoms with Crippen LogP contribution in [0.1, 0.15) is 27.0 Å². The molecule has 0 radical (unpaired) electrons. The Bertz CT molecular complexity index is 1460. The van der Waals surface area contributed by atoms with Crippen molar-refractivity contribution in [1.29, 1.82) is 0 Å². The normalized spacial score (nSPS) is 16.0. The van der Waals surface area contributed by atoms with Gasteiger partial charge in [0.05, 0.1) is 25.3 Å². The van der Waals surface area contributed by atoms with E-state index in [-0.39, 0.29) is 23.6 Å². The van der Waals surface area contributed by atoms with Gasteiger partial charge in [0.15, 0.2) is 22.9 Å². The quantitative estimate of drug-likeness (QED) is 0.336. The first-order chi connectivity index (χ1) is 16.4. The maximum atomic E-state index is 13.6. The van der Waals surface area contributed by atoms with Crippen molar-refractivity contribution in [2.75, 3.05) is 7.11 Å². The smallest absolute Gasteiger partial charge is 0.290 e. The third kappa shape index (κ3) is 3.70. The Kier molecular flexibility index (Phi) is 5.55. The van der Waals surface area contributed by atoms with Gasteiger partial charge < -0.3 is 24.3 Å². The first kappa shape index (κ1) is 22.1. The number of ether oxygens (including phenoxy) is 1. The number of nitrogens with zero attached hydrogens (tertiary/aromatic N) is 1. The molecule has 4 aromatic rings. The van der Waals surface area contributed by atoms with E-state index < -0.39 is 23.5 Å². The molecular weight excluding hydrogens is 478 g/mol. The van der Waals surface area contributed by atoms with Gasteiger partial charge in [-0.2, -0.15) is 0 Å². The van der Waals surface area contributed by atoms with Crippen LogP contribution in [0.4, 0.5) is 0 Å². The summed E-state index contributed by atoms with van der Waals surface area (Å²) in [7, 11) is 1.46. The summed E-state index contributed by atoms with van der Waals surface area (Å²) in [6, 6.07) is 13.7. The van der Waals surface area contributed by atoms with E-state index in [4.69, 9.17) is 20.8 Å². The molecule has 9 heteroatoms. The van der Waals surface area contributed by atoms with Crippen molar-refractivity contribution in [3.05, 3.63) is 92.5 Å². The van der Waals surface area contributed by atoms with Gasteiger partial charge in [0, 0.05) is 21.4 Å². The topological polar surface area (TPSA) is 100 Å². The van der Waals surface area contributed by atoms with Gasteiger partial charge in [0.25, 0.3) is 5.91 Å². The van der Waals surface area contributed by atoms with Crippen molar-refractivity contribution < 1.29 is 29.0 Å². The molecule has 1 aliphatic heterocycles. The number of hydrogen-bond acceptors (Lipinski definition) is 7. The molecule has 3 heterocycles. The first-order valence-corrected chi connectivity index (χ1v) is 11.5. The summed E-state index contributed by atoms with van der Waals surface area (Å²) >= 11 is 7.59. The van der Waals surface area contributed by atoms with Crippen LogP contribution in [0, 0.1) is 0 Å². The molecule has 1 amide bonds. The van der Waals surface area contributed by atoms with Crippen LogP contribution in [0.3, 0.4) is 0 Å². The molecular formula is C25H18ClNO6S. The maximum Gasteiger partial charge on any atom is 0.290 e. The molecule has 1 atom stereocenters. The number of hydrogen-bond donors (Lipinski definition) is 2. The number of rotatable bonds is 6. The van der Waals surface area contributed by atoms with Crippen LogP contribution in [0.2, 0.25) is 5.02 Å². The zero-order valence-electron chi connectivity index (χ0n) is 17.8. The largest absolute Gasteiger partial charge is 0.508 e. The van der Waals surface area contributed by atoms with E-state index in [1.165, 1.54) is 41.5 Å². The molecule has 7 nitrogen and oxygen atoms in total. The van der Waals surface area contributed by atoms with Crippen LogP contribution in [0.25, 0.3) is 11.0 Å². The lowest BCUT2D eigenvalue weighted by molar-refractivity contribution is -0.130. The number of phenols is 1. The van der Waals surface area contributed by atoms with Crippen LogP contribution >= 0.6 is 22.9 Å². The SMILES string of the molecule is COc1cc(Cl)cc2cc(C(=O)C3=C(O)C(=O)N(Cc4cccs4)C3c3cccc(O)c3)oc12. The van der Waals surface area contributed by atoms with Gasteiger partial charge in [-0.15, -0.1) is 11.3 Å². The highest BCUT2D eigenvalue weighted by atomic mass is 35.5. The number of phenolic OH excluding ortho intramolecular Hbond substituents is 1. The second-order valence-corrected chi connectivity index (χ2v) is 9.21. The number of ketones is 1. The number of carbonyl (C=O) groups excluding carboxylic acids is 2. The Morgan fingerprint density at radius 3 is 2.71 bits per heavy atom. The zero-order chi connectivity index (χ0) is 24.0. The highest BCUT2D eigenvalue weighted by Crippen LogP contribution is 2.42. The van der Waals surface area contributed by atoms with Crippen LogP contribution < -0.4 is 4.74 Å². The number of aliphatic hydroxyl groups is 1. The van der Waals surface area contributed by atoms with Gasteiger partial charge >= 0.3 is 0 Å². The molecule has 0 aliphatic carbocycles. The predicted octanol–water partition coefficient (Wildman–Crippen LogP) is 5.64. The minimum Gasteiger partial charge on any atom is -0.508 e. The number of furan rings is 1. The highest BCUT2D eigenvalue weighted by Gasteiger charge is 2.44. The number of carbonyl (C=O) groups is 2. The minimum absolute atomic E-state index is 0.0256. The number of amides is 1. The second kappa shape index (κ2) is 8.55. The Labute approximate surface area is 203 Å². The van der Waals surface area contributed by atoms with Crippen molar-refractivity contribution in [3.8, 4) is 11.5 Å². The third-order valence-electron chi connectivity index (χ3n) is 5.63. The summed E-state index contributed by atoms with van der Waals surface area (Å²) in [4.78, 5) is 29.0. The van der Waals surface area contributed by atoms with Gasteiger partial charge in [-0.1, -0.05) is 29.8 Å². The van der Waals surface area contributed by atoms with Crippen LogP contribution in [0.5, 0.6) is 11.5 Å². The predicted molar refractivity (Wildman–Crippen MR) is 127 cm³/mol. The molecule has 2 aromatic heterocycles. The van der Waals surface area contributed by atoms with Gasteiger partial charge in [-0.05, 0) is 41.3 Å². The first-order valence-electron chi connectivity index (χ1n) is 10.2. The minimum atomic E-state index is -0.923. The maximum absolute atomic E-state index is 13.6. The van der Waals surface area contributed by atoms with Gasteiger partial charge in [0.2, 0.25) is 5.78 Å². The Hall–Kier alpha value is -3.75. The summed E-state index contributed by atoms with van der Waals surface area (Å²) in [6.45, 7) is 0.182. The fourth-order valence-corrected chi connectivity index (χ4v) is 5.06. The zero-order valence-corrected chi connectivity index (χ0v) is 19.4. The van der Waals surface area contributed by atoms with E-state index in [9.17, 15) is 19.8 Å². The molecule has 0 bridgehead atoms. The van der Waals surface area contributed by atoms with Crippen molar-refractivity contribution in [2.45, 2.75) is 12.6 Å². The number of Topliss-reactive ketones (excluding diaryl/α,β-unsaturated/α-hetero) is 1. The van der Waals surface area contributed by atoms with Gasteiger partial charge in [-0.3, -0.25) is 9.59 Å². The second-order valence-electron chi connectivity index (χ2n) is 7.74. The van der Waals surface area contributed by atoms with Crippen LogP contribution in [-0.4, -0.2) is 33.9 Å². The molecule has 0 spiro atoms. The van der Waals surface area contributed by atoms with E-state index in [0.29, 0.717) is 27.3 Å². The lowest BCUT2D eigenvalue weighted by atomic mass is 9.95. The Morgan fingerprint density at radius 2 is 2.00 bits per heavy atom. The molecule has 0 saturated carbocycles. The molecule has 0 saturated heterocycles. The number of fused-ring (bicyclic) bond motifs is 1. The highest BCUT2D eigenvalue weighted by molar-refractivity contribution is 7.09. The monoisotopic (exact) mass is 495 g/mol. The van der Waals surface area contributed by atoms with Crippen LogP contribution in [-0.2, 0) is 11.3 Å². The number of methoxy groups -OCH3 is 1. The average molecular weight is 496 g/mol. The van der Waals surface area contributed by atoms with Crippen LogP contribution in [0.15, 0.2) is 75.7 Å². The summed E-state index contributed by atoms with van der Waals surface area (Å²) in [5.74, 6) is -1.73. The van der Waals surface area contributed by atoms with E-state index >= 15 is 0 Å². The summed E-state index contributed by atoms with van der Waals surface area (Å²) in [5, 5.41) is 23.7. The van der Waals surface area contributed by atoms with Crippen molar-refractivity contribution in [3.63, 3.8) is 0 Å². The fraction of sp³-hybridized carbons (Fsp3) is 0.120. The van der Waals surface area contributed by atoms with Crippen molar-refractivity contribution in [1.82, 2.24) is 4.90 Å². The summed E-state index contributed by atoms with van der Waals surface area (Å²) < 4.78 is 11.1. The number of thiophene rings is 1. The molecule has 2 N–H and O–H groups in total. The lowest BCUT2D eigenvalue weighted by Gasteiger charge is -2.26. The average Bonchev–Trinajstić information content (AvgIpc) is 3.53. The molecule has 2 aromatic carbocycles. The molecule has 0 fully saturated rings. The van der Waals surface area contributed by atoms with E-state index in [2.05, 4.69) is 0 Å². The van der Waals surface area contributed by atoms with Crippen molar-refractivity contribution in [2.24, 2.45) is 0 Å². The molecule has 34 heavy (non-hydrogen) atoms. The lowest BCUT2D eigenvalue weighted by Crippen LogP contribution is -2.30.